The Morgan fingerprint density at radius 3 is 2.50 bits per heavy atom. The number of thiol groups is 1. The van der Waals surface area contributed by atoms with E-state index in [4.69, 9.17) is 0 Å². The Hall–Kier alpha value is -1.00. The highest BCUT2D eigenvalue weighted by Crippen LogP contribution is 2.08. The number of amides is 1. The molecule has 0 radical (unpaired) electrons. The van der Waals surface area contributed by atoms with E-state index in [1.54, 1.807) is 0 Å². The molecule has 0 aliphatic heterocycles. The van der Waals surface area contributed by atoms with Gasteiger partial charge in [0.15, 0.2) is 0 Å². The van der Waals surface area contributed by atoms with Gasteiger partial charge in [0.25, 0.3) is 0 Å². The number of unbranched alkanes of at least 4 members (excludes halogenated alkanes) is 1. The molecular formula is C14H22N2OS. The highest BCUT2D eigenvalue weighted by molar-refractivity contribution is 7.80. The van der Waals surface area contributed by atoms with Crippen LogP contribution in [0.5, 0.6) is 0 Å². The molecule has 1 aromatic rings. The molecule has 0 aromatic heterocycles. The molecule has 0 spiro atoms. The molecule has 0 bridgehead atoms. The topological polar surface area (TPSA) is 32.3 Å². The van der Waals surface area contributed by atoms with E-state index in [1.165, 1.54) is 0 Å². The van der Waals surface area contributed by atoms with Crippen molar-refractivity contribution in [3.05, 3.63) is 29.8 Å². The zero-order valence-electron chi connectivity index (χ0n) is 11.1. The number of carbonyl (C=O) groups is 1. The lowest BCUT2D eigenvalue weighted by atomic mass is 10.1. The molecule has 0 unspecified atom stereocenters. The number of carbonyl (C=O) groups excluding carboxylic acids is 1. The Morgan fingerprint density at radius 1 is 1.22 bits per heavy atom. The minimum Gasteiger partial charge on any atom is -0.356 e. The summed E-state index contributed by atoms with van der Waals surface area (Å²) in [6, 6.07) is 7.69. The van der Waals surface area contributed by atoms with Gasteiger partial charge in [0.05, 0.1) is 6.42 Å². The second kappa shape index (κ2) is 8.16. The van der Waals surface area contributed by atoms with E-state index >= 15 is 0 Å². The first-order chi connectivity index (χ1) is 8.58. The molecular weight excluding hydrogens is 244 g/mol. The fourth-order valence-electron chi connectivity index (χ4n) is 1.64. The summed E-state index contributed by atoms with van der Waals surface area (Å²) in [5.41, 5.74) is 1.03. The van der Waals surface area contributed by atoms with Crippen molar-refractivity contribution in [1.82, 2.24) is 10.2 Å². The minimum atomic E-state index is 0.0896. The van der Waals surface area contributed by atoms with E-state index in [0.717, 1.165) is 36.4 Å². The van der Waals surface area contributed by atoms with Gasteiger partial charge < -0.3 is 10.2 Å². The van der Waals surface area contributed by atoms with Crippen LogP contribution in [0.25, 0.3) is 0 Å². The Kier molecular flexibility index (Phi) is 6.83. The first-order valence-corrected chi connectivity index (χ1v) is 6.72. The fourth-order valence-corrected chi connectivity index (χ4v) is 1.79. The van der Waals surface area contributed by atoms with Crippen LogP contribution in [0.3, 0.4) is 0 Å². The third-order valence-corrected chi connectivity index (χ3v) is 2.95. The van der Waals surface area contributed by atoms with Crippen LogP contribution in [0.4, 0.5) is 0 Å². The molecule has 3 nitrogen and oxygen atoms in total. The van der Waals surface area contributed by atoms with Gasteiger partial charge in [-0.15, -0.1) is 12.6 Å². The van der Waals surface area contributed by atoms with Crippen molar-refractivity contribution in [3.8, 4) is 0 Å². The van der Waals surface area contributed by atoms with Crippen molar-refractivity contribution >= 4 is 18.5 Å². The predicted octanol–water partition coefficient (Wildman–Crippen LogP) is 1.98. The van der Waals surface area contributed by atoms with Gasteiger partial charge in [0, 0.05) is 11.4 Å². The average molecular weight is 266 g/mol. The van der Waals surface area contributed by atoms with Crippen LogP contribution < -0.4 is 5.32 Å². The number of nitrogens with one attached hydrogen (secondary N) is 1. The molecule has 18 heavy (non-hydrogen) atoms. The maximum absolute atomic E-state index is 11.7. The SMILES string of the molecule is CN(C)CCCCNC(=O)Cc1ccc(S)cc1. The predicted molar refractivity (Wildman–Crippen MR) is 78.2 cm³/mol. The minimum absolute atomic E-state index is 0.0896. The molecule has 0 heterocycles. The van der Waals surface area contributed by atoms with Gasteiger partial charge in [-0.1, -0.05) is 12.1 Å². The number of rotatable bonds is 7. The molecule has 1 N–H and O–H groups in total. The Balaban J connectivity index is 2.16. The van der Waals surface area contributed by atoms with Crippen molar-refractivity contribution in [2.45, 2.75) is 24.2 Å². The van der Waals surface area contributed by atoms with Crippen LogP contribution in [0.1, 0.15) is 18.4 Å². The van der Waals surface area contributed by atoms with Crippen molar-refractivity contribution in [2.24, 2.45) is 0 Å². The third-order valence-electron chi connectivity index (χ3n) is 2.66. The van der Waals surface area contributed by atoms with Gasteiger partial charge in [-0.2, -0.15) is 0 Å². The number of hydrogen-bond acceptors (Lipinski definition) is 3. The van der Waals surface area contributed by atoms with Gasteiger partial charge >= 0.3 is 0 Å². The summed E-state index contributed by atoms with van der Waals surface area (Å²) in [6.07, 6.45) is 2.59. The molecule has 4 heteroatoms. The zero-order valence-corrected chi connectivity index (χ0v) is 12.0. The highest BCUT2D eigenvalue weighted by Gasteiger charge is 2.02. The first-order valence-electron chi connectivity index (χ1n) is 6.27. The maximum Gasteiger partial charge on any atom is 0.224 e. The number of hydrogen-bond donors (Lipinski definition) is 2. The Labute approximate surface area is 115 Å². The van der Waals surface area contributed by atoms with Crippen LogP contribution in [0.2, 0.25) is 0 Å². The smallest absolute Gasteiger partial charge is 0.224 e. The average Bonchev–Trinajstić information content (AvgIpc) is 2.31. The van der Waals surface area contributed by atoms with Crippen molar-refractivity contribution in [2.75, 3.05) is 27.2 Å². The van der Waals surface area contributed by atoms with Gasteiger partial charge in [-0.05, 0) is 51.2 Å². The third kappa shape index (κ3) is 6.67. The van der Waals surface area contributed by atoms with Crippen LogP contribution in [-0.2, 0) is 11.2 Å². The Morgan fingerprint density at radius 2 is 1.89 bits per heavy atom. The zero-order chi connectivity index (χ0) is 13.4. The first kappa shape index (κ1) is 15.1. The molecule has 100 valence electrons. The van der Waals surface area contributed by atoms with Crippen molar-refractivity contribution in [3.63, 3.8) is 0 Å². The molecule has 1 aromatic carbocycles. The summed E-state index contributed by atoms with van der Waals surface area (Å²) in [5.74, 6) is 0.0896. The summed E-state index contributed by atoms with van der Waals surface area (Å²) in [6.45, 7) is 1.83. The van der Waals surface area contributed by atoms with E-state index in [2.05, 4.69) is 36.9 Å². The van der Waals surface area contributed by atoms with E-state index in [1.807, 2.05) is 24.3 Å². The molecule has 0 aliphatic rings. The number of benzene rings is 1. The normalized spacial score (nSPS) is 10.7. The lowest BCUT2D eigenvalue weighted by Gasteiger charge is -2.09. The molecule has 1 rings (SSSR count). The van der Waals surface area contributed by atoms with Crippen LogP contribution in [0, 0.1) is 0 Å². The standard InChI is InChI=1S/C14H22N2OS/c1-16(2)10-4-3-9-15-14(17)11-12-5-7-13(18)8-6-12/h5-8,18H,3-4,9-11H2,1-2H3,(H,15,17). The van der Waals surface area contributed by atoms with Gasteiger partial charge in [-0.25, -0.2) is 0 Å². The highest BCUT2D eigenvalue weighted by atomic mass is 32.1. The molecule has 0 aliphatic carbocycles. The van der Waals surface area contributed by atoms with Gasteiger partial charge in [0.2, 0.25) is 5.91 Å². The maximum atomic E-state index is 11.7. The largest absolute Gasteiger partial charge is 0.356 e. The molecule has 0 saturated heterocycles. The second-order valence-corrected chi connectivity index (χ2v) is 5.22. The monoisotopic (exact) mass is 266 g/mol. The van der Waals surface area contributed by atoms with E-state index in [-0.39, 0.29) is 5.91 Å². The van der Waals surface area contributed by atoms with E-state index in [0.29, 0.717) is 6.42 Å². The molecule has 1 amide bonds. The Bertz CT molecular complexity index is 363. The van der Waals surface area contributed by atoms with Crippen molar-refractivity contribution < 1.29 is 4.79 Å². The lowest BCUT2D eigenvalue weighted by molar-refractivity contribution is -0.120. The summed E-state index contributed by atoms with van der Waals surface area (Å²) in [7, 11) is 4.12. The van der Waals surface area contributed by atoms with Crippen LogP contribution in [0.15, 0.2) is 29.2 Å². The summed E-state index contributed by atoms with van der Waals surface area (Å²) >= 11 is 4.21. The molecule has 0 atom stereocenters. The number of nitrogens with zero attached hydrogens (tertiary/aromatic N) is 1. The quantitative estimate of drug-likeness (QED) is 0.584. The second-order valence-electron chi connectivity index (χ2n) is 4.70. The molecule has 0 saturated carbocycles. The van der Waals surface area contributed by atoms with Crippen LogP contribution in [-0.4, -0.2) is 38.0 Å². The van der Waals surface area contributed by atoms with E-state index < -0.39 is 0 Å². The lowest BCUT2D eigenvalue weighted by Crippen LogP contribution is -2.26. The van der Waals surface area contributed by atoms with E-state index in [9.17, 15) is 4.79 Å². The summed E-state index contributed by atoms with van der Waals surface area (Å²) in [5, 5.41) is 2.94. The molecule has 0 fully saturated rings. The van der Waals surface area contributed by atoms with Crippen LogP contribution >= 0.6 is 12.6 Å². The van der Waals surface area contributed by atoms with Gasteiger partial charge in [-0.3, -0.25) is 4.79 Å². The van der Waals surface area contributed by atoms with Crippen molar-refractivity contribution in [1.29, 1.82) is 0 Å². The fraction of sp³-hybridized carbons (Fsp3) is 0.500. The summed E-state index contributed by atoms with van der Waals surface area (Å²) < 4.78 is 0. The summed E-state index contributed by atoms with van der Waals surface area (Å²) in [4.78, 5) is 14.7. The van der Waals surface area contributed by atoms with Gasteiger partial charge in [0.1, 0.15) is 0 Å².